The first-order valence-corrected chi connectivity index (χ1v) is 12.0. The van der Waals surface area contributed by atoms with Crippen molar-refractivity contribution in [2.24, 2.45) is 0 Å². The first-order chi connectivity index (χ1) is 14.8. The van der Waals surface area contributed by atoms with Gasteiger partial charge in [0.25, 0.3) is 0 Å². The van der Waals surface area contributed by atoms with Crippen molar-refractivity contribution in [3.05, 3.63) is 53.6 Å². The third-order valence-electron chi connectivity index (χ3n) is 5.92. The average molecular weight is 442 g/mol. The van der Waals surface area contributed by atoms with Gasteiger partial charge < -0.3 is 5.32 Å². The number of nitrogens with zero attached hydrogens (tertiary/aromatic N) is 2. The van der Waals surface area contributed by atoms with Crippen LogP contribution < -0.4 is 10.2 Å². The van der Waals surface area contributed by atoms with Crippen molar-refractivity contribution < 1.29 is 18.0 Å². The van der Waals surface area contributed by atoms with Gasteiger partial charge in [-0.1, -0.05) is 18.6 Å². The van der Waals surface area contributed by atoms with Gasteiger partial charge in [-0.05, 0) is 61.2 Å². The van der Waals surface area contributed by atoms with Gasteiger partial charge in [0.15, 0.2) is 0 Å². The number of rotatable bonds is 4. The highest BCUT2D eigenvalue weighted by Gasteiger charge is 2.38. The number of hydrogen-bond donors (Lipinski definition) is 1. The summed E-state index contributed by atoms with van der Waals surface area (Å²) >= 11 is 0. The second-order valence-corrected chi connectivity index (χ2v) is 10.2. The van der Waals surface area contributed by atoms with Crippen molar-refractivity contribution in [1.29, 1.82) is 0 Å². The van der Waals surface area contributed by atoms with Crippen LogP contribution >= 0.6 is 0 Å². The molecule has 0 aromatic heterocycles. The second kappa shape index (κ2) is 8.43. The van der Waals surface area contributed by atoms with Crippen molar-refractivity contribution >= 4 is 33.2 Å². The Morgan fingerprint density at radius 2 is 1.77 bits per heavy atom. The van der Waals surface area contributed by atoms with E-state index in [4.69, 9.17) is 0 Å². The summed E-state index contributed by atoms with van der Waals surface area (Å²) in [7, 11) is -3.58. The first-order valence-electron chi connectivity index (χ1n) is 10.6. The summed E-state index contributed by atoms with van der Waals surface area (Å²) < 4.78 is 27.6. The SMILES string of the molecule is CC(=O)N1c2ccc(S(=O)(=O)N3CCCCC3)cc2C[C@H]1C(=O)Nc1cccc(C)c1. The molecule has 2 aliphatic heterocycles. The maximum atomic E-state index is 13.1. The molecule has 2 heterocycles. The largest absolute Gasteiger partial charge is 0.324 e. The second-order valence-electron chi connectivity index (χ2n) is 8.22. The van der Waals surface area contributed by atoms with Crippen LogP contribution in [0.5, 0.6) is 0 Å². The monoisotopic (exact) mass is 441 g/mol. The highest BCUT2D eigenvalue weighted by atomic mass is 32.2. The normalized spacial score (nSPS) is 19.2. The quantitative estimate of drug-likeness (QED) is 0.790. The Morgan fingerprint density at radius 3 is 2.45 bits per heavy atom. The van der Waals surface area contributed by atoms with E-state index in [1.807, 2.05) is 25.1 Å². The molecule has 7 nitrogen and oxygen atoms in total. The molecule has 0 spiro atoms. The van der Waals surface area contributed by atoms with Gasteiger partial charge in [-0.25, -0.2) is 8.42 Å². The fraction of sp³-hybridized carbons (Fsp3) is 0.391. The molecule has 0 saturated carbocycles. The fourth-order valence-corrected chi connectivity index (χ4v) is 5.96. The van der Waals surface area contributed by atoms with E-state index in [0.717, 1.165) is 24.8 Å². The molecule has 8 heteroatoms. The number of fused-ring (bicyclic) bond motifs is 1. The van der Waals surface area contributed by atoms with Crippen LogP contribution in [0, 0.1) is 6.92 Å². The summed E-state index contributed by atoms with van der Waals surface area (Å²) in [6, 6.07) is 11.5. The summed E-state index contributed by atoms with van der Waals surface area (Å²) in [6.07, 6.45) is 3.05. The minimum absolute atomic E-state index is 0.219. The minimum Gasteiger partial charge on any atom is -0.324 e. The number of amides is 2. The molecule has 0 aliphatic carbocycles. The standard InChI is InChI=1S/C23H27N3O4S/c1-16-7-6-8-19(13-16)24-23(28)22-15-18-14-20(9-10-21(18)26(22)17(2)27)31(29,30)25-11-4-3-5-12-25/h6-10,13-14,22H,3-5,11-12,15H2,1-2H3,(H,24,28)/t22-/m0/s1. The van der Waals surface area contributed by atoms with E-state index < -0.39 is 16.1 Å². The Hall–Kier alpha value is -2.71. The van der Waals surface area contributed by atoms with E-state index in [1.165, 1.54) is 16.1 Å². The van der Waals surface area contributed by atoms with Crippen LogP contribution in [-0.4, -0.2) is 43.7 Å². The molecule has 164 valence electrons. The van der Waals surface area contributed by atoms with Crippen LogP contribution in [0.25, 0.3) is 0 Å². The van der Waals surface area contributed by atoms with E-state index in [1.54, 1.807) is 24.3 Å². The zero-order valence-corrected chi connectivity index (χ0v) is 18.6. The van der Waals surface area contributed by atoms with Crippen molar-refractivity contribution in [2.45, 2.75) is 50.5 Å². The predicted molar refractivity (Wildman–Crippen MR) is 120 cm³/mol. The number of carbonyl (C=O) groups excluding carboxylic acids is 2. The lowest BCUT2D eigenvalue weighted by Gasteiger charge is -2.26. The van der Waals surface area contributed by atoms with Gasteiger partial charge in [0.2, 0.25) is 21.8 Å². The smallest absolute Gasteiger partial charge is 0.247 e. The average Bonchev–Trinajstić information content (AvgIpc) is 3.13. The number of hydrogen-bond acceptors (Lipinski definition) is 4. The maximum Gasteiger partial charge on any atom is 0.247 e. The molecule has 0 bridgehead atoms. The lowest BCUT2D eigenvalue weighted by Crippen LogP contribution is -2.44. The molecule has 0 unspecified atom stereocenters. The molecule has 2 aromatic carbocycles. The molecule has 4 rings (SSSR count). The summed E-state index contributed by atoms with van der Waals surface area (Å²) in [6.45, 7) is 4.41. The van der Waals surface area contributed by atoms with E-state index in [-0.39, 0.29) is 23.1 Å². The lowest BCUT2D eigenvalue weighted by atomic mass is 10.1. The van der Waals surface area contributed by atoms with Crippen molar-refractivity contribution in [2.75, 3.05) is 23.3 Å². The first kappa shape index (κ1) is 21.5. The van der Waals surface area contributed by atoms with Gasteiger partial charge in [-0.2, -0.15) is 4.31 Å². The Bertz CT molecular complexity index is 1120. The highest BCUT2D eigenvalue weighted by molar-refractivity contribution is 7.89. The molecular formula is C23H27N3O4S. The van der Waals surface area contributed by atoms with Crippen LogP contribution in [0.1, 0.15) is 37.3 Å². The highest BCUT2D eigenvalue weighted by Crippen LogP contribution is 2.35. The Kier molecular flexibility index (Phi) is 5.85. The fourth-order valence-electron chi connectivity index (χ4n) is 4.39. The molecule has 2 amide bonds. The molecule has 1 fully saturated rings. The number of aryl methyl sites for hydroxylation is 1. The van der Waals surface area contributed by atoms with Crippen LogP contribution in [0.15, 0.2) is 47.4 Å². The molecule has 1 N–H and O–H groups in total. The van der Waals surface area contributed by atoms with E-state index in [2.05, 4.69) is 5.32 Å². The van der Waals surface area contributed by atoms with Crippen LogP contribution in [0.4, 0.5) is 11.4 Å². The molecule has 2 aliphatic rings. The molecule has 0 radical (unpaired) electrons. The predicted octanol–water partition coefficient (Wildman–Crippen LogP) is 3.09. The lowest BCUT2D eigenvalue weighted by molar-refractivity contribution is -0.122. The number of benzene rings is 2. The van der Waals surface area contributed by atoms with Crippen LogP contribution in [0.2, 0.25) is 0 Å². The summed E-state index contributed by atoms with van der Waals surface area (Å²) in [5, 5.41) is 2.88. The van der Waals surface area contributed by atoms with Crippen molar-refractivity contribution in [1.82, 2.24) is 4.31 Å². The van der Waals surface area contributed by atoms with Gasteiger partial charge in [0.1, 0.15) is 6.04 Å². The Morgan fingerprint density at radius 1 is 1.03 bits per heavy atom. The van der Waals surface area contributed by atoms with E-state index in [9.17, 15) is 18.0 Å². The molecule has 1 saturated heterocycles. The summed E-state index contributed by atoms with van der Waals surface area (Å²) in [4.78, 5) is 27.1. The van der Waals surface area contributed by atoms with Crippen molar-refractivity contribution in [3.63, 3.8) is 0 Å². The third kappa shape index (κ3) is 4.22. The van der Waals surface area contributed by atoms with Gasteiger partial charge in [0.05, 0.1) is 4.90 Å². The van der Waals surface area contributed by atoms with Gasteiger partial charge >= 0.3 is 0 Å². The van der Waals surface area contributed by atoms with Gasteiger partial charge in [0, 0.05) is 37.8 Å². The minimum atomic E-state index is -3.58. The zero-order chi connectivity index (χ0) is 22.2. The molecule has 1 atom stereocenters. The topological polar surface area (TPSA) is 86.8 Å². The van der Waals surface area contributed by atoms with Crippen LogP contribution in [0.3, 0.4) is 0 Å². The molecule has 31 heavy (non-hydrogen) atoms. The maximum absolute atomic E-state index is 13.1. The Balaban J connectivity index is 1.61. The Labute approximate surface area is 183 Å². The van der Waals surface area contributed by atoms with Crippen molar-refractivity contribution in [3.8, 4) is 0 Å². The molecule has 2 aromatic rings. The number of piperidine rings is 1. The number of nitrogens with one attached hydrogen (secondary N) is 1. The van der Waals surface area contributed by atoms with Gasteiger partial charge in [-0.3, -0.25) is 14.5 Å². The summed E-state index contributed by atoms with van der Waals surface area (Å²) in [5.41, 5.74) is 2.97. The molecular weight excluding hydrogens is 414 g/mol. The summed E-state index contributed by atoms with van der Waals surface area (Å²) in [5.74, 6) is -0.549. The third-order valence-corrected chi connectivity index (χ3v) is 7.81. The number of carbonyl (C=O) groups is 2. The number of sulfonamides is 1. The number of anilines is 2. The van der Waals surface area contributed by atoms with Crippen LogP contribution in [-0.2, 0) is 26.0 Å². The zero-order valence-electron chi connectivity index (χ0n) is 17.8. The van der Waals surface area contributed by atoms with E-state index in [0.29, 0.717) is 30.0 Å². The van der Waals surface area contributed by atoms with Gasteiger partial charge in [-0.15, -0.1) is 0 Å². The van der Waals surface area contributed by atoms with E-state index >= 15 is 0 Å².